The van der Waals surface area contributed by atoms with Crippen LogP contribution in [-0.2, 0) is 6.54 Å². The number of phenolic OH excluding ortho intramolecular Hbond substituents is 5. The number of aromatic nitrogens is 1. The smallest absolute Gasteiger partial charge is 0.235 e. The fourth-order valence-corrected chi connectivity index (χ4v) is 4.89. The van der Waals surface area contributed by atoms with E-state index in [0.717, 1.165) is 37.5 Å². The summed E-state index contributed by atoms with van der Waals surface area (Å²) in [6.07, 6.45) is 14.0. The maximum Gasteiger partial charge on any atom is 0.235 e. The van der Waals surface area contributed by atoms with Gasteiger partial charge in [0.05, 0.1) is 16.6 Å². The highest BCUT2D eigenvalue weighted by Crippen LogP contribution is 2.42. The Kier molecular flexibility index (Phi) is 9.94. The number of rotatable bonds is 14. The van der Waals surface area contributed by atoms with E-state index in [4.69, 9.17) is 0 Å². The van der Waals surface area contributed by atoms with Crippen LogP contribution in [0.3, 0.4) is 0 Å². The molecule has 8 heteroatoms. The molecule has 1 aromatic heterocycles. The maximum atomic E-state index is 12.9. The van der Waals surface area contributed by atoms with Crippen LogP contribution in [0, 0.1) is 0 Å². The number of benzene rings is 2. The molecule has 0 aliphatic rings. The second kappa shape index (κ2) is 13.1. The summed E-state index contributed by atoms with van der Waals surface area (Å²) in [5.41, 5.74) is -0.520. The number of hydrogen-bond acceptors (Lipinski definition) is 7. The van der Waals surface area contributed by atoms with Gasteiger partial charge in [0.2, 0.25) is 5.43 Å². The van der Waals surface area contributed by atoms with Crippen LogP contribution in [0.2, 0.25) is 0 Å². The summed E-state index contributed by atoms with van der Waals surface area (Å²) >= 11 is 0. The van der Waals surface area contributed by atoms with Crippen molar-refractivity contribution in [2.45, 2.75) is 90.5 Å². The van der Waals surface area contributed by atoms with Crippen LogP contribution in [0.5, 0.6) is 34.5 Å². The van der Waals surface area contributed by atoms with Crippen molar-refractivity contribution in [3.8, 4) is 45.8 Å². The molecule has 6 N–H and O–H groups in total. The molecule has 8 nitrogen and oxygen atoms in total. The quantitative estimate of drug-likeness (QED) is 0.105. The van der Waals surface area contributed by atoms with E-state index in [1.54, 1.807) is 4.57 Å². The number of nitrogens with zero attached hydrogens (tertiary/aromatic N) is 1. The molecule has 0 amide bonds. The van der Waals surface area contributed by atoms with Crippen molar-refractivity contribution < 1.29 is 30.6 Å². The summed E-state index contributed by atoms with van der Waals surface area (Å²) in [4.78, 5) is 12.9. The topological polar surface area (TPSA) is 143 Å². The second-order valence-electron chi connectivity index (χ2n) is 9.79. The first-order valence-corrected chi connectivity index (χ1v) is 13.3. The Morgan fingerprint density at radius 2 is 1.14 bits per heavy atom. The molecule has 0 atom stereocenters. The van der Waals surface area contributed by atoms with Gasteiger partial charge in [0.15, 0.2) is 23.0 Å². The number of aryl methyl sites for hydroxylation is 1. The van der Waals surface area contributed by atoms with Crippen LogP contribution < -0.4 is 5.43 Å². The van der Waals surface area contributed by atoms with Gasteiger partial charge in [-0.25, -0.2) is 0 Å². The Hall–Kier alpha value is -3.55. The Morgan fingerprint density at radius 1 is 0.622 bits per heavy atom. The van der Waals surface area contributed by atoms with Gasteiger partial charge in [0, 0.05) is 24.2 Å². The molecule has 3 aromatic rings. The third-order valence-electron chi connectivity index (χ3n) is 6.89. The zero-order valence-corrected chi connectivity index (χ0v) is 21.5. The maximum absolute atomic E-state index is 12.9. The van der Waals surface area contributed by atoms with Gasteiger partial charge in [-0.1, -0.05) is 77.6 Å². The summed E-state index contributed by atoms with van der Waals surface area (Å²) in [5, 5.41) is 60.9. The molecule has 0 saturated carbocycles. The van der Waals surface area contributed by atoms with E-state index in [-0.39, 0.29) is 27.9 Å². The second-order valence-corrected chi connectivity index (χ2v) is 9.79. The van der Waals surface area contributed by atoms with E-state index in [0.29, 0.717) is 13.0 Å². The largest absolute Gasteiger partial charge is 0.508 e. The third-order valence-corrected chi connectivity index (χ3v) is 6.89. The minimum atomic E-state index is -0.847. The van der Waals surface area contributed by atoms with Gasteiger partial charge < -0.3 is 35.2 Å². The minimum absolute atomic E-state index is 0.0103. The lowest BCUT2D eigenvalue weighted by Gasteiger charge is -2.20. The van der Waals surface area contributed by atoms with Gasteiger partial charge in [-0.05, 0) is 18.6 Å². The third kappa shape index (κ3) is 6.81. The molecule has 2 aromatic carbocycles. The molecule has 3 rings (SSSR count). The molecule has 202 valence electrons. The van der Waals surface area contributed by atoms with Crippen LogP contribution in [-0.4, -0.2) is 35.2 Å². The van der Waals surface area contributed by atoms with Crippen LogP contribution in [0.1, 0.15) is 84.0 Å². The summed E-state index contributed by atoms with van der Waals surface area (Å²) in [5.74, 6) is -3.32. The monoisotopic (exact) mass is 513 g/mol. The highest BCUT2D eigenvalue weighted by atomic mass is 16.3. The van der Waals surface area contributed by atoms with Crippen molar-refractivity contribution in [1.29, 1.82) is 0 Å². The van der Waals surface area contributed by atoms with E-state index < -0.39 is 34.2 Å². The van der Waals surface area contributed by atoms with Gasteiger partial charge >= 0.3 is 0 Å². The van der Waals surface area contributed by atoms with Crippen LogP contribution in [0.25, 0.3) is 22.2 Å². The molecule has 0 spiro atoms. The Labute approximate surface area is 217 Å². The predicted octanol–water partition coefficient (Wildman–Crippen LogP) is 6.60. The molecule has 0 fully saturated rings. The minimum Gasteiger partial charge on any atom is -0.508 e. The number of pyridine rings is 1. The van der Waals surface area contributed by atoms with E-state index in [1.807, 2.05) is 0 Å². The molecule has 37 heavy (non-hydrogen) atoms. The molecular weight excluding hydrogens is 474 g/mol. The summed E-state index contributed by atoms with van der Waals surface area (Å²) in [6, 6.07) is 4.64. The van der Waals surface area contributed by atoms with Gasteiger partial charge in [0.25, 0.3) is 0 Å². The van der Waals surface area contributed by atoms with Crippen molar-refractivity contribution in [3.05, 3.63) is 34.5 Å². The van der Waals surface area contributed by atoms with E-state index >= 15 is 0 Å². The first-order valence-electron chi connectivity index (χ1n) is 13.3. The predicted molar refractivity (Wildman–Crippen MR) is 145 cm³/mol. The van der Waals surface area contributed by atoms with E-state index in [2.05, 4.69) is 6.92 Å². The van der Waals surface area contributed by atoms with Gasteiger partial charge in [-0.15, -0.1) is 0 Å². The number of phenols is 5. The molecule has 1 heterocycles. The van der Waals surface area contributed by atoms with Crippen LogP contribution in [0.15, 0.2) is 29.1 Å². The SMILES string of the molecule is CCCCCCCCCCCCCCn1c(-c2cc(O)c(O)c(O)c2)c(O)c(=O)c2c(O)cc(O)cc21. The number of hydrogen-bond donors (Lipinski definition) is 6. The van der Waals surface area contributed by atoms with E-state index in [1.165, 1.54) is 57.4 Å². The van der Waals surface area contributed by atoms with Crippen molar-refractivity contribution >= 4 is 10.9 Å². The van der Waals surface area contributed by atoms with E-state index in [9.17, 15) is 35.4 Å². The molecule has 0 radical (unpaired) electrons. The van der Waals surface area contributed by atoms with Crippen LogP contribution >= 0.6 is 0 Å². The molecule has 0 aliphatic heterocycles. The molecule has 0 saturated heterocycles. The fourth-order valence-electron chi connectivity index (χ4n) is 4.89. The standard InChI is InChI=1S/C29H39NO7/c1-2-3-4-5-6-7-8-9-10-11-12-13-14-30-21-17-20(31)18-22(32)25(21)28(36)29(37)26(30)19-15-23(33)27(35)24(34)16-19/h15-18,31-35,37H,2-14H2,1H3. The average molecular weight is 514 g/mol. The van der Waals surface area contributed by atoms with Crippen molar-refractivity contribution in [2.24, 2.45) is 0 Å². The lowest BCUT2D eigenvalue weighted by atomic mass is 10.0. The fraction of sp³-hybridized carbons (Fsp3) is 0.483. The normalized spacial score (nSPS) is 11.4. The van der Waals surface area contributed by atoms with Crippen molar-refractivity contribution in [1.82, 2.24) is 4.57 Å². The first-order chi connectivity index (χ1) is 17.8. The molecule has 0 bridgehead atoms. The highest BCUT2D eigenvalue weighted by molar-refractivity contribution is 5.91. The lowest BCUT2D eigenvalue weighted by molar-refractivity contribution is 0.368. The lowest BCUT2D eigenvalue weighted by Crippen LogP contribution is -2.13. The average Bonchev–Trinajstić information content (AvgIpc) is 2.85. The highest BCUT2D eigenvalue weighted by Gasteiger charge is 2.22. The number of unbranched alkanes of at least 4 members (excludes halogenated alkanes) is 11. The van der Waals surface area contributed by atoms with Gasteiger partial charge in [0.1, 0.15) is 11.5 Å². The van der Waals surface area contributed by atoms with Crippen molar-refractivity contribution in [2.75, 3.05) is 0 Å². The van der Waals surface area contributed by atoms with Crippen LogP contribution in [0.4, 0.5) is 0 Å². The molecule has 0 unspecified atom stereocenters. The number of fused-ring (bicyclic) bond motifs is 1. The van der Waals surface area contributed by atoms with Gasteiger partial charge in [-0.2, -0.15) is 0 Å². The van der Waals surface area contributed by atoms with Gasteiger partial charge in [-0.3, -0.25) is 4.79 Å². The summed E-state index contributed by atoms with van der Waals surface area (Å²) in [7, 11) is 0. The molecule has 0 aliphatic carbocycles. The Morgan fingerprint density at radius 3 is 1.68 bits per heavy atom. The Balaban J connectivity index is 1.77. The number of aromatic hydroxyl groups is 6. The first kappa shape index (κ1) is 28.0. The zero-order valence-electron chi connectivity index (χ0n) is 21.5. The van der Waals surface area contributed by atoms with Crippen molar-refractivity contribution in [3.63, 3.8) is 0 Å². The summed E-state index contributed by atoms with van der Waals surface area (Å²) in [6.45, 7) is 2.57. The molecular formula is C29H39NO7. The Bertz CT molecular complexity index is 1240. The zero-order chi connectivity index (χ0) is 26.9. The summed E-state index contributed by atoms with van der Waals surface area (Å²) < 4.78 is 1.59.